The van der Waals surface area contributed by atoms with E-state index in [1.165, 1.54) is 0 Å². The molecule has 0 radical (unpaired) electrons. The van der Waals surface area contributed by atoms with Gasteiger partial charge in [-0.05, 0) is 28.9 Å². The molecule has 0 bridgehead atoms. The van der Waals surface area contributed by atoms with Crippen molar-refractivity contribution in [3.8, 4) is 5.75 Å². The molecule has 0 aliphatic carbocycles. The number of ether oxygens (including phenoxy) is 2. The second-order valence-electron chi connectivity index (χ2n) is 5.39. The fraction of sp³-hybridized carbons (Fsp3) is 0.538. The summed E-state index contributed by atoms with van der Waals surface area (Å²) in [6, 6.07) is 3.48. The summed E-state index contributed by atoms with van der Waals surface area (Å²) in [6.45, 7) is 8.20. The van der Waals surface area contributed by atoms with Gasteiger partial charge in [-0.2, -0.15) is 0 Å². The summed E-state index contributed by atoms with van der Waals surface area (Å²) in [5.74, 6) is 0.744. The Labute approximate surface area is 109 Å². The third-order valence-electron chi connectivity index (χ3n) is 2.72. The largest absolute Gasteiger partial charge is 0.488 e. The van der Waals surface area contributed by atoms with E-state index in [-0.39, 0.29) is 12.2 Å². The standard InChI is InChI=1S/C13H21BO4/c1-9-6-10(14(15)16)7-11(13(2,3)4)12(9)18-8-17-5/h6-7,15-16H,8H2,1-5H3. The molecule has 0 amide bonds. The highest BCUT2D eigenvalue weighted by Crippen LogP contribution is 2.33. The maximum atomic E-state index is 9.30. The molecule has 0 aromatic heterocycles. The predicted molar refractivity (Wildman–Crippen MR) is 72.2 cm³/mol. The minimum absolute atomic E-state index is 0.154. The molecule has 100 valence electrons. The Balaban J connectivity index is 3.31. The number of rotatable bonds is 4. The van der Waals surface area contributed by atoms with Gasteiger partial charge in [0.2, 0.25) is 0 Å². The minimum Gasteiger partial charge on any atom is -0.467 e. The van der Waals surface area contributed by atoms with Crippen LogP contribution in [0.5, 0.6) is 5.75 Å². The van der Waals surface area contributed by atoms with Gasteiger partial charge in [0.15, 0.2) is 6.79 Å². The molecule has 0 atom stereocenters. The van der Waals surface area contributed by atoms with Crippen molar-refractivity contribution < 1.29 is 19.5 Å². The average Bonchev–Trinajstić information content (AvgIpc) is 2.25. The Bertz CT molecular complexity index is 410. The van der Waals surface area contributed by atoms with Gasteiger partial charge < -0.3 is 19.5 Å². The van der Waals surface area contributed by atoms with Crippen LogP contribution in [-0.4, -0.2) is 31.1 Å². The van der Waals surface area contributed by atoms with E-state index in [0.29, 0.717) is 5.46 Å². The van der Waals surface area contributed by atoms with Crippen molar-refractivity contribution in [2.75, 3.05) is 13.9 Å². The summed E-state index contributed by atoms with van der Waals surface area (Å²) in [5.41, 5.74) is 2.12. The van der Waals surface area contributed by atoms with Crippen molar-refractivity contribution in [3.05, 3.63) is 23.3 Å². The lowest BCUT2D eigenvalue weighted by Gasteiger charge is -2.25. The normalized spacial score (nSPS) is 11.5. The average molecular weight is 252 g/mol. The second-order valence-corrected chi connectivity index (χ2v) is 5.39. The maximum absolute atomic E-state index is 9.30. The quantitative estimate of drug-likeness (QED) is 0.619. The molecule has 5 heteroatoms. The monoisotopic (exact) mass is 252 g/mol. The predicted octanol–water partition coefficient (Wildman–Crippen LogP) is 0.955. The van der Waals surface area contributed by atoms with Crippen molar-refractivity contribution in [2.45, 2.75) is 33.1 Å². The topological polar surface area (TPSA) is 58.9 Å². The maximum Gasteiger partial charge on any atom is 0.488 e. The third kappa shape index (κ3) is 3.48. The molecule has 0 saturated heterocycles. The minimum atomic E-state index is -1.47. The van der Waals surface area contributed by atoms with Gasteiger partial charge in [-0.25, -0.2) is 0 Å². The lowest BCUT2D eigenvalue weighted by molar-refractivity contribution is 0.0493. The number of hydrogen-bond acceptors (Lipinski definition) is 4. The molecule has 0 aliphatic rings. The molecular weight excluding hydrogens is 231 g/mol. The molecule has 1 aromatic rings. The molecule has 0 heterocycles. The van der Waals surface area contributed by atoms with Crippen LogP contribution in [0.3, 0.4) is 0 Å². The van der Waals surface area contributed by atoms with E-state index in [2.05, 4.69) is 20.8 Å². The highest BCUT2D eigenvalue weighted by Gasteiger charge is 2.24. The number of benzene rings is 1. The summed E-state index contributed by atoms with van der Waals surface area (Å²) in [5, 5.41) is 18.6. The first-order chi connectivity index (χ1) is 8.27. The Morgan fingerprint density at radius 1 is 1.22 bits per heavy atom. The van der Waals surface area contributed by atoms with Gasteiger partial charge >= 0.3 is 7.12 Å². The lowest BCUT2D eigenvalue weighted by atomic mass is 9.75. The zero-order valence-corrected chi connectivity index (χ0v) is 11.7. The molecule has 0 aliphatic heterocycles. The first-order valence-electron chi connectivity index (χ1n) is 5.90. The van der Waals surface area contributed by atoms with Crippen molar-refractivity contribution in [1.29, 1.82) is 0 Å². The van der Waals surface area contributed by atoms with Crippen LogP contribution in [0, 0.1) is 6.92 Å². The van der Waals surface area contributed by atoms with Crippen molar-refractivity contribution in [2.24, 2.45) is 0 Å². The molecule has 2 N–H and O–H groups in total. The first kappa shape index (κ1) is 15.0. The van der Waals surface area contributed by atoms with Crippen LogP contribution in [0.1, 0.15) is 31.9 Å². The van der Waals surface area contributed by atoms with E-state index in [0.717, 1.165) is 16.9 Å². The summed E-state index contributed by atoms with van der Waals surface area (Å²) in [4.78, 5) is 0. The summed E-state index contributed by atoms with van der Waals surface area (Å²) in [6.07, 6.45) is 0. The van der Waals surface area contributed by atoms with Crippen molar-refractivity contribution in [1.82, 2.24) is 0 Å². The van der Waals surface area contributed by atoms with Crippen LogP contribution in [0.2, 0.25) is 0 Å². The lowest BCUT2D eigenvalue weighted by Crippen LogP contribution is -2.32. The zero-order valence-electron chi connectivity index (χ0n) is 11.7. The molecule has 1 aromatic carbocycles. The highest BCUT2D eigenvalue weighted by atomic mass is 16.7. The zero-order chi connectivity index (χ0) is 13.9. The molecule has 0 unspecified atom stereocenters. The van der Waals surface area contributed by atoms with Crippen LogP contribution in [0.15, 0.2) is 12.1 Å². The van der Waals surface area contributed by atoms with Crippen LogP contribution in [-0.2, 0) is 10.2 Å². The van der Waals surface area contributed by atoms with E-state index < -0.39 is 7.12 Å². The fourth-order valence-corrected chi connectivity index (χ4v) is 1.82. The van der Waals surface area contributed by atoms with E-state index >= 15 is 0 Å². The SMILES string of the molecule is COCOc1c(C)cc(B(O)O)cc1C(C)(C)C. The Morgan fingerprint density at radius 2 is 1.83 bits per heavy atom. The smallest absolute Gasteiger partial charge is 0.467 e. The summed E-state index contributed by atoms with van der Waals surface area (Å²) < 4.78 is 10.5. The Kier molecular flexibility index (Phi) is 4.79. The van der Waals surface area contributed by atoms with Gasteiger partial charge in [-0.1, -0.05) is 32.9 Å². The van der Waals surface area contributed by atoms with Crippen LogP contribution < -0.4 is 10.2 Å². The van der Waals surface area contributed by atoms with E-state index in [1.54, 1.807) is 19.2 Å². The Morgan fingerprint density at radius 3 is 2.28 bits per heavy atom. The van der Waals surface area contributed by atoms with Crippen LogP contribution in [0.25, 0.3) is 0 Å². The van der Waals surface area contributed by atoms with Crippen molar-refractivity contribution >= 4 is 12.6 Å². The van der Waals surface area contributed by atoms with Crippen molar-refractivity contribution in [3.63, 3.8) is 0 Å². The fourth-order valence-electron chi connectivity index (χ4n) is 1.82. The third-order valence-corrected chi connectivity index (χ3v) is 2.72. The van der Waals surface area contributed by atoms with Gasteiger partial charge in [0.1, 0.15) is 5.75 Å². The van der Waals surface area contributed by atoms with Gasteiger partial charge in [-0.3, -0.25) is 0 Å². The molecule has 18 heavy (non-hydrogen) atoms. The molecule has 0 saturated carbocycles. The van der Waals surface area contributed by atoms with Crippen LogP contribution >= 0.6 is 0 Å². The van der Waals surface area contributed by atoms with E-state index in [4.69, 9.17) is 9.47 Å². The number of hydrogen-bond donors (Lipinski definition) is 2. The molecule has 0 spiro atoms. The summed E-state index contributed by atoms with van der Waals surface area (Å²) >= 11 is 0. The van der Waals surface area contributed by atoms with E-state index in [1.807, 2.05) is 6.92 Å². The molecule has 4 nitrogen and oxygen atoms in total. The van der Waals surface area contributed by atoms with Crippen LogP contribution in [0.4, 0.5) is 0 Å². The Hall–Kier alpha value is -1.04. The van der Waals surface area contributed by atoms with Gasteiger partial charge in [0.25, 0.3) is 0 Å². The second kappa shape index (κ2) is 5.74. The van der Waals surface area contributed by atoms with Gasteiger partial charge in [-0.15, -0.1) is 0 Å². The molecule has 1 rings (SSSR count). The highest BCUT2D eigenvalue weighted by molar-refractivity contribution is 6.58. The van der Waals surface area contributed by atoms with Gasteiger partial charge in [0.05, 0.1) is 0 Å². The number of methoxy groups -OCH3 is 1. The van der Waals surface area contributed by atoms with E-state index in [9.17, 15) is 10.0 Å². The summed E-state index contributed by atoms with van der Waals surface area (Å²) in [7, 11) is 0.0964. The van der Waals surface area contributed by atoms with Gasteiger partial charge in [0, 0.05) is 7.11 Å². The molecule has 0 fully saturated rings. The number of aryl methyl sites for hydroxylation is 1. The molecular formula is C13H21BO4. The first-order valence-corrected chi connectivity index (χ1v) is 5.90.